The minimum Gasteiger partial charge on any atom is -0.489 e. The third-order valence-electron chi connectivity index (χ3n) is 12.8. The smallest absolute Gasteiger partial charge is 0.281 e. The van der Waals surface area contributed by atoms with Gasteiger partial charge in [0.15, 0.2) is 0 Å². The summed E-state index contributed by atoms with van der Waals surface area (Å²) in [7, 11) is 0. The minimum absolute atomic E-state index is 0.0531. The predicted molar refractivity (Wildman–Crippen MR) is 216 cm³/mol. The second-order valence-corrected chi connectivity index (χ2v) is 17.5. The number of nitrogens with one attached hydrogen (secondary N) is 2. The van der Waals surface area contributed by atoms with Crippen molar-refractivity contribution < 1.29 is 28.7 Å². The van der Waals surface area contributed by atoms with Crippen molar-refractivity contribution in [3.63, 3.8) is 0 Å². The average molecular weight is 807 g/mol. The van der Waals surface area contributed by atoms with Crippen LogP contribution in [0, 0.1) is 22.2 Å². The molecule has 3 aromatic rings. The fourth-order valence-corrected chi connectivity index (χ4v) is 10.2. The molecule has 302 valence electrons. The van der Waals surface area contributed by atoms with Gasteiger partial charge in [0.05, 0.1) is 16.1 Å². The summed E-state index contributed by atoms with van der Waals surface area (Å²) in [6, 6.07) is 17.6. The highest BCUT2D eigenvalue weighted by atomic mass is 35.5. The predicted octanol–water partition coefficient (Wildman–Crippen LogP) is 4.41. The Morgan fingerprint density at radius 3 is 2.21 bits per heavy atom. The number of hydrogen-bond donors (Lipinski definition) is 2. The standard InChI is InChI=1S/C43H47ClN8O6/c1-42(2)40(43(3,4)41(42)58-29-10-7-26(24-45)31(44)23-29)48-36(54)25-5-8-27(9-6-25)49-19-21-50(22-20-49)28-15-17-51(18-16-28)33-13-11-30-35(46-33)39(57)52(38(30)56)32-12-14-34(53)47-37(32)55/h5-11,13,23,28,32,40-41H,12,14-22H2,1-4H3,(H,48,54)(H,47,53,55). The van der Waals surface area contributed by atoms with Crippen LogP contribution in [-0.2, 0) is 9.59 Å². The average Bonchev–Trinajstić information content (AvgIpc) is 3.46. The lowest BCUT2D eigenvalue weighted by Gasteiger charge is -2.63. The number of hydrogen-bond acceptors (Lipinski definition) is 11. The molecule has 5 heterocycles. The van der Waals surface area contributed by atoms with Gasteiger partial charge in [0.2, 0.25) is 11.8 Å². The van der Waals surface area contributed by atoms with Crippen molar-refractivity contribution in [3.05, 3.63) is 82.0 Å². The normalized spacial score (nSPS) is 24.5. The molecule has 1 aliphatic carbocycles. The van der Waals surface area contributed by atoms with Crippen molar-refractivity contribution in [3.8, 4) is 11.8 Å². The fraction of sp³-hybridized carbons (Fsp3) is 0.465. The van der Waals surface area contributed by atoms with Crippen LogP contribution in [-0.4, -0.2) is 108 Å². The molecule has 15 heteroatoms. The van der Waals surface area contributed by atoms with Gasteiger partial charge < -0.3 is 19.9 Å². The lowest BCUT2D eigenvalue weighted by Crippen LogP contribution is -2.74. The SMILES string of the molecule is CC1(C)C(NC(=O)c2ccc(N3CCN(C4CCN(c5ccc6c(n5)C(=O)N(C5CCC(=O)NC5=O)C6=O)CC4)CC3)cc2)C(C)(C)C1Oc1ccc(C#N)c(Cl)c1. The number of nitrogens with zero attached hydrogens (tertiary/aromatic N) is 6. The van der Waals surface area contributed by atoms with Gasteiger partial charge in [-0.3, -0.25) is 39.1 Å². The maximum absolute atomic E-state index is 13.5. The number of halogens is 1. The summed E-state index contributed by atoms with van der Waals surface area (Å²) in [4.78, 5) is 76.5. The molecule has 5 amide bonds. The van der Waals surface area contributed by atoms with Crippen LogP contribution >= 0.6 is 11.6 Å². The number of piperazine rings is 1. The number of anilines is 2. The van der Waals surface area contributed by atoms with Gasteiger partial charge in [0, 0.05) is 85.9 Å². The Bertz CT molecular complexity index is 2210. The van der Waals surface area contributed by atoms with Crippen molar-refractivity contribution in [1.29, 1.82) is 5.26 Å². The maximum Gasteiger partial charge on any atom is 0.281 e. The number of carbonyl (C=O) groups excluding carboxylic acids is 5. The number of benzene rings is 2. The molecule has 0 radical (unpaired) electrons. The number of nitriles is 1. The van der Waals surface area contributed by atoms with E-state index in [0.717, 1.165) is 62.7 Å². The zero-order valence-corrected chi connectivity index (χ0v) is 33.8. The number of amides is 5. The van der Waals surface area contributed by atoms with E-state index >= 15 is 0 Å². The minimum atomic E-state index is -1.02. The Hall–Kier alpha value is -5.52. The molecule has 3 saturated heterocycles. The van der Waals surface area contributed by atoms with E-state index in [4.69, 9.17) is 16.3 Å². The zero-order valence-electron chi connectivity index (χ0n) is 33.1. The molecular weight excluding hydrogens is 760 g/mol. The number of aromatic nitrogens is 1. The van der Waals surface area contributed by atoms with Crippen molar-refractivity contribution in [1.82, 2.24) is 25.4 Å². The van der Waals surface area contributed by atoms with Crippen LogP contribution in [0.4, 0.5) is 11.5 Å². The van der Waals surface area contributed by atoms with Crippen LogP contribution in [0.5, 0.6) is 5.75 Å². The molecule has 14 nitrogen and oxygen atoms in total. The number of pyridine rings is 1. The molecule has 58 heavy (non-hydrogen) atoms. The molecule has 5 aliphatic rings. The first-order valence-corrected chi connectivity index (χ1v) is 20.3. The van der Waals surface area contributed by atoms with Crippen molar-refractivity contribution in [2.45, 2.75) is 77.6 Å². The van der Waals surface area contributed by atoms with E-state index in [1.165, 1.54) is 0 Å². The quantitative estimate of drug-likeness (QED) is 0.310. The second kappa shape index (κ2) is 15.0. The van der Waals surface area contributed by atoms with Gasteiger partial charge >= 0.3 is 0 Å². The molecular formula is C43H47ClN8O6. The molecule has 2 N–H and O–H groups in total. The summed E-state index contributed by atoms with van der Waals surface area (Å²) >= 11 is 6.25. The number of rotatable bonds is 8. The van der Waals surface area contributed by atoms with Gasteiger partial charge in [-0.2, -0.15) is 5.26 Å². The van der Waals surface area contributed by atoms with Crippen molar-refractivity contribution in [2.24, 2.45) is 10.8 Å². The molecule has 8 rings (SSSR count). The van der Waals surface area contributed by atoms with Gasteiger partial charge in [-0.25, -0.2) is 4.98 Å². The maximum atomic E-state index is 13.5. The van der Waals surface area contributed by atoms with Crippen LogP contribution in [0.2, 0.25) is 5.02 Å². The van der Waals surface area contributed by atoms with E-state index in [-0.39, 0.29) is 53.0 Å². The van der Waals surface area contributed by atoms with Crippen molar-refractivity contribution in [2.75, 3.05) is 49.1 Å². The molecule has 1 saturated carbocycles. The first-order valence-electron chi connectivity index (χ1n) is 19.9. The Balaban J connectivity index is 0.811. The largest absolute Gasteiger partial charge is 0.489 e. The van der Waals surface area contributed by atoms with Crippen LogP contribution in [0.3, 0.4) is 0 Å². The molecule has 1 aromatic heterocycles. The summed E-state index contributed by atoms with van der Waals surface area (Å²) in [6.45, 7) is 13.4. The summed E-state index contributed by atoms with van der Waals surface area (Å²) in [6.07, 6.45) is 1.85. The molecule has 4 fully saturated rings. The summed E-state index contributed by atoms with van der Waals surface area (Å²) < 4.78 is 6.38. The van der Waals surface area contributed by atoms with E-state index < -0.39 is 29.7 Å². The highest BCUT2D eigenvalue weighted by molar-refractivity contribution is 6.31. The van der Waals surface area contributed by atoms with E-state index in [1.54, 1.807) is 30.3 Å². The Morgan fingerprint density at radius 1 is 0.879 bits per heavy atom. The molecule has 0 bridgehead atoms. The first kappa shape index (κ1) is 39.3. The summed E-state index contributed by atoms with van der Waals surface area (Å²) in [5.41, 5.74) is 1.59. The summed E-state index contributed by atoms with van der Waals surface area (Å²) in [5, 5.41) is 15.1. The van der Waals surface area contributed by atoms with E-state index in [0.29, 0.717) is 33.8 Å². The highest BCUT2D eigenvalue weighted by Crippen LogP contribution is 2.55. The van der Waals surface area contributed by atoms with Crippen LogP contribution in [0.1, 0.15) is 90.1 Å². The van der Waals surface area contributed by atoms with E-state index in [2.05, 4.69) is 64.1 Å². The molecule has 4 aliphatic heterocycles. The third kappa shape index (κ3) is 6.94. The van der Waals surface area contributed by atoms with E-state index in [1.807, 2.05) is 24.3 Å². The van der Waals surface area contributed by atoms with Gasteiger partial charge in [0.1, 0.15) is 35.5 Å². The lowest BCUT2D eigenvalue weighted by molar-refractivity contribution is -0.164. The lowest BCUT2D eigenvalue weighted by atomic mass is 9.49. The summed E-state index contributed by atoms with van der Waals surface area (Å²) in [5.74, 6) is -1.11. The van der Waals surface area contributed by atoms with Gasteiger partial charge in [-0.15, -0.1) is 0 Å². The van der Waals surface area contributed by atoms with Gasteiger partial charge in [-0.1, -0.05) is 39.3 Å². The molecule has 0 spiro atoms. The Labute approximate surface area is 342 Å². The Kier molecular flexibility index (Phi) is 10.2. The first-order chi connectivity index (χ1) is 27.7. The fourth-order valence-electron chi connectivity index (χ4n) is 9.95. The zero-order chi connectivity index (χ0) is 41.1. The molecule has 2 aromatic carbocycles. The van der Waals surface area contributed by atoms with Crippen molar-refractivity contribution >= 4 is 52.6 Å². The highest BCUT2D eigenvalue weighted by Gasteiger charge is 2.64. The number of piperidine rings is 2. The Morgan fingerprint density at radius 2 is 1.57 bits per heavy atom. The topological polar surface area (TPSA) is 168 Å². The monoisotopic (exact) mass is 806 g/mol. The van der Waals surface area contributed by atoms with Gasteiger partial charge in [-0.05, 0) is 67.8 Å². The number of carbonyl (C=O) groups is 5. The number of imide groups is 2. The van der Waals surface area contributed by atoms with Gasteiger partial charge in [0.25, 0.3) is 17.7 Å². The van der Waals surface area contributed by atoms with Crippen LogP contribution in [0.15, 0.2) is 54.6 Å². The van der Waals surface area contributed by atoms with Crippen LogP contribution in [0.25, 0.3) is 0 Å². The molecule has 1 unspecified atom stereocenters. The third-order valence-corrected chi connectivity index (χ3v) is 13.1. The second-order valence-electron chi connectivity index (χ2n) is 17.1. The van der Waals surface area contributed by atoms with E-state index in [9.17, 15) is 29.2 Å². The van der Waals surface area contributed by atoms with Crippen LogP contribution < -0.4 is 25.2 Å². The number of fused-ring (bicyclic) bond motifs is 1. The molecule has 1 atom stereocenters. The number of ether oxygens (including phenoxy) is 1.